The predicted octanol–water partition coefficient (Wildman–Crippen LogP) is 1.69. The van der Waals surface area contributed by atoms with E-state index >= 15 is 0 Å². The first-order chi connectivity index (χ1) is 8.49. The largest absolute Gasteiger partial charge is 0.481 e. The van der Waals surface area contributed by atoms with Crippen LogP contribution in [-0.4, -0.2) is 35.5 Å². The van der Waals surface area contributed by atoms with Crippen molar-refractivity contribution in [2.75, 3.05) is 13.6 Å². The van der Waals surface area contributed by atoms with E-state index < -0.39 is 5.97 Å². The first-order valence-corrected chi connectivity index (χ1v) is 5.69. The molecule has 18 heavy (non-hydrogen) atoms. The lowest BCUT2D eigenvalue weighted by Gasteiger charge is -2.16. The fraction of sp³-hybridized carbons (Fsp3) is 0.385. The minimum Gasteiger partial charge on any atom is -0.481 e. The summed E-state index contributed by atoms with van der Waals surface area (Å²) in [6, 6.07) is 6.20. The molecule has 0 saturated carbocycles. The Hall–Kier alpha value is -1.91. The average Bonchev–Trinajstić information content (AvgIpc) is 2.33. The quantitative estimate of drug-likeness (QED) is 0.839. The Kier molecular flexibility index (Phi) is 5.30. The predicted molar refractivity (Wildman–Crippen MR) is 64.6 cm³/mol. The van der Waals surface area contributed by atoms with Gasteiger partial charge in [0.25, 0.3) is 0 Å². The lowest BCUT2D eigenvalue weighted by atomic mass is 10.1. The van der Waals surface area contributed by atoms with E-state index in [-0.39, 0.29) is 24.6 Å². The third kappa shape index (κ3) is 4.95. The minimum absolute atomic E-state index is 0.00498. The van der Waals surface area contributed by atoms with Crippen LogP contribution in [0.4, 0.5) is 4.39 Å². The van der Waals surface area contributed by atoms with E-state index in [1.165, 1.54) is 17.0 Å². The first kappa shape index (κ1) is 14.2. The summed E-state index contributed by atoms with van der Waals surface area (Å²) < 4.78 is 12.9. The van der Waals surface area contributed by atoms with E-state index in [2.05, 4.69) is 0 Å². The number of hydrogen-bond acceptors (Lipinski definition) is 2. The smallest absolute Gasteiger partial charge is 0.303 e. The molecular weight excluding hydrogens is 237 g/mol. The average molecular weight is 253 g/mol. The Morgan fingerprint density at radius 1 is 1.33 bits per heavy atom. The van der Waals surface area contributed by atoms with Crippen LogP contribution in [0.15, 0.2) is 24.3 Å². The van der Waals surface area contributed by atoms with Crippen LogP contribution in [-0.2, 0) is 16.0 Å². The molecule has 0 atom stereocenters. The molecule has 0 bridgehead atoms. The maximum absolute atomic E-state index is 12.9. The molecule has 4 nitrogen and oxygen atoms in total. The van der Waals surface area contributed by atoms with Gasteiger partial charge < -0.3 is 10.0 Å². The van der Waals surface area contributed by atoms with E-state index in [0.717, 1.165) is 5.56 Å². The van der Waals surface area contributed by atoms with Crippen LogP contribution in [0.1, 0.15) is 18.4 Å². The van der Waals surface area contributed by atoms with Crippen LogP contribution in [0.3, 0.4) is 0 Å². The van der Waals surface area contributed by atoms with Crippen LogP contribution < -0.4 is 0 Å². The summed E-state index contributed by atoms with van der Waals surface area (Å²) in [5.41, 5.74) is 0.813. The van der Waals surface area contributed by atoms with Gasteiger partial charge in [0.15, 0.2) is 0 Å². The number of aliphatic carboxylic acids is 1. The zero-order chi connectivity index (χ0) is 13.5. The van der Waals surface area contributed by atoms with Gasteiger partial charge in [-0.15, -0.1) is 0 Å². The third-order valence-electron chi connectivity index (χ3n) is 2.60. The molecule has 0 aliphatic carbocycles. The molecule has 0 fully saturated rings. The number of carbonyl (C=O) groups is 2. The van der Waals surface area contributed by atoms with Crippen LogP contribution in [0.5, 0.6) is 0 Å². The number of carboxylic acids is 1. The highest BCUT2D eigenvalue weighted by Crippen LogP contribution is 2.05. The van der Waals surface area contributed by atoms with Crippen LogP contribution in [0.2, 0.25) is 0 Å². The Bertz CT molecular complexity index is 434. The van der Waals surface area contributed by atoms with E-state index in [1.54, 1.807) is 19.2 Å². The van der Waals surface area contributed by atoms with Crippen molar-refractivity contribution in [1.82, 2.24) is 4.90 Å². The van der Waals surface area contributed by atoms with Gasteiger partial charge in [0.05, 0.1) is 6.42 Å². The number of amides is 1. The maximum atomic E-state index is 12.9. The fourth-order valence-electron chi connectivity index (χ4n) is 1.52. The van der Waals surface area contributed by atoms with Gasteiger partial charge in [-0.1, -0.05) is 12.1 Å². The van der Waals surface area contributed by atoms with Crippen molar-refractivity contribution >= 4 is 11.9 Å². The van der Waals surface area contributed by atoms with Crippen molar-refractivity contribution < 1.29 is 19.1 Å². The Balaban J connectivity index is 2.38. The highest BCUT2D eigenvalue weighted by molar-refractivity contribution is 5.80. The Morgan fingerprint density at radius 2 is 2.06 bits per heavy atom. The summed E-state index contributed by atoms with van der Waals surface area (Å²) in [6.07, 6.45) is 0.380. The number of benzene rings is 1. The number of hydrogen-bond donors (Lipinski definition) is 1. The highest BCUT2D eigenvalue weighted by Gasteiger charge is 2.10. The van der Waals surface area contributed by atoms with Gasteiger partial charge in [-0.3, -0.25) is 9.59 Å². The molecule has 98 valence electrons. The molecule has 1 aromatic rings. The lowest BCUT2D eigenvalue weighted by Crippen LogP contribution is -2.29. The number of carboxylic acid groups (broad SMARTS) is 1. The number of carbonyl (C=O) groups excluding carboxylic acids is 1. The second-order valence-electron chi connectivity index (χ2n) is 4.09. The monoisotopic (exact) mass is 253 g/mol. The van der Waals surface area contributed by atoms with Crippen LogP contribution >= 0.6 is 0 Å². The van der Waals surface area contributed by atoms with Gasteiger partial charge in [0.1, 0.15) is 5.82 Å². The van der Waals surface area contributed by atoms with Crippen molar-refractivity contribution in [3.05, 3.63) is 35.6 Å². The van der Waals surface area contributed by atoms with Gasteiger partial charge in [0, 0.05) is 20.0 Å². The summed E-state index contributed by atoms with van der Waals surface area (Å²) in [7, 11) is 1.61. The lowest BCUT2D eigenvalue weighted by molar-refractivity contribution is -0.140. The summed E-state index contributed by atoms with van der Waals surface area (Å²) in [5.74, 6) is -1.50. The number of likely N-dealkylation sites (N-methyl/N-ethyl adjacent to an activating group) is 1. The second-order valence-corrected chi connectivity index (χ2v) is 4.09. The third-order valence-corrected chi connectivity index (χ3v) is 2.60. The molecule has 0 spiro atoms. The molecule has 1 N–H and O–H groups in total. The van der Waals surface area contributed by atoms with E-state index in [1.807, 2.05) is 0 Å². The molecule has 0 aliphatic heterocycles. The van der Waals surface area contributed by atoms with Gasteiger partial charge in [0.2, 0.25) is 5.91 Å². The highest BCUT2D eigenvalue weighted by atomic mass is 19.1. The number of rotatable bonds is 6. The zero-order valence-electron chi connectivity index (χ0n) is 10.2. The van der Waals surface area contributed by atoms with Gasteiger partial charge in [-0.2, -0.15) is 0 Å². The summed E-state index contributed by atoms with van der Waals surface area (Å²) in [6.45, 7) is 0.446. The fourth-order valence-corrected chi connectivity index (χ4v) is 1.52. The van der Waals surface area contributed by atoms with Gasteiger partial charge in [-0.05, 0) is 24.1 Å². The van der Waals surface area contributed by atoms with Crippen LogP contribution in [0.25, 0.3) is 0 Å². The second kappa shape index (κ2) is 6.74. The standard InChI is InChI=1S/C13H16FNO3/c1-15(12(16)5-6-13(17)18)8-7-10-3-2-4-11(14)9-10/h2-4,9H,5-8H2,1H3,(H,17,18). The van der Waals surface area contributed by atoms with Crippen molar-refractivity contribution in [1.29, 1.82) is 0 Å². The normalized spacial score (nSPS) is 10.1. The van der Waals surface area contributed by atoms with Crippen molar-refractivity contribution in [2.45, 2.75) is 19.3 Å². The molecule has 0 unspecified atom stereocenters. The summed E-state index contributed by atoms with van der Waals surface area (Å²) in [5, 5.41) is 8.47. The molecule has 1 rings (SSSR count). The van der Waals surface area contributed by atoms with Crippen LogP contribution in [0, 0.1) is 5.82 Å². The van der Waals surface area contributed by atoms with Crippen molar-refractivity contribution in [3.63, 3.8) is 0 Å². The van der Waals surface area contributed by atoms with Gasteiger partial charge >= 0.3 is 5.97 Å². The summed E-state index contributed by atoms with van der Waals surface area (Å²) >= 11 is 0. The van der Waals surface area contributed by atoms with Gasteiger partial charge in [-0.25, -0.2) is 4.39 Å². The molecule has 1 amide bonds. The first-order valence-electron chi connectivity index (χ1n) is 5.69. The van der Waals surface area contributed by atoms with E-state index in [4.69, 9.17) is 5.11 Å². The zero-order valence-corrected chi connectivity index (χ0v) is 10.2. The Morgan fingerprint density at radius 3 is 2.67 bits per heavy atom. The number of nitrogens with zero attached hydrogens (tertiary/aromatic N) is 1. The topological polar surface area (TPSA) is 57.6 Å². The van der Waals surface area contributed by atoms with Crippen molar-refractivity contribution in [2.24, 2.45) is 0 Å². The molecule has 0 saturated heterocycles. The molecule has 0 radical (unpaired) electrons. The minimum atomic E-state index is -0.984. The molecular formula is C13H16FNO3. The maximum Gasteiger partial charge on any atom is 0.303 e. The molecule has 1 aromatic carbocycles. The molecule has 0 aromatic heterocycles. The molecule has 0 heterocycles. The molecule has 5 heteroatoms. The number of halogens is 1. The Labute approximate surface area is 105 Å². The van der Waals surface area contributed by atoms with E-state index in [0.29, 0.717) is 13.0 Å². The SMILES string of the molecule is CN(CCc1cccc(F)c1)C(=O)CCC(=O)O. The van der Waals surface area contributed by atoms with Crippen molar-refractivity contribution in [3.8, 4) is 0 Å². The summed E-state index contributed by atoms with van der Waals surface area (Å²) in [4.78, 5) is 23.3. The van der Waals surface area contributed by atoms with E-state index in [9.17, 15) is 14.0 Å². The molecule has 0 aliphatic rings.